The predicted molar refractivity (Wildman–Crippen MR) is 107 cm³/mol. The summed E-state index contributed by atoms with van der Waals surface area (Å²) in [5.74, 6) is -0.0837. The van der Waals surface area contributed by atoms with Gasteiger partial charge in [-0.05, 0) is 49.9 Å². The van der Waals surface area contributed by atoms with Crippen molar-refractivity contribution in [2.75, 3.05) is 0 Å². The minimum atomic E-state index is -3.73. The van der Waals surface area contributed by atoms with E-state index in [1.54, 1.807) is 12.1 Å². The molecule has 1 aliphatic rings. The van der Waals surface area contributed by atoms with Gasteiger partial charge in [0.15, 0.2) is 5.58 Å². The molecule has 1 fully saturated rings. The molecule has 9 nitrogen and oxygen atoms in total. The quantitative estimate of drug-likeness (QED) is 0.659. The molecule has 2 aromatic heterocycles. The fourth-order valence-electron chi connectivity index (χ4n) is 3.55. The fraction of sp³-hybridized carbons (Fsp3) is 0.350. The summed E-state index contributed by atoms with van der Waals surface area (Å²) in [6.07, 6.45) is 4.04. The normalized spacial score (nSPS) is 19.5. The van der Waals surface area contributed by atoms with E-state index in [1.807, 2.05) is 6.07 Å². The van der Waals surface area contributed by atoms with Crippen molar-refractivity contribution in [3.05, 3.63) is 52.6 Å². The molecular formula is C20H20N4O5S. The Labute approximate surface area is 173 Å². The second-order valence-corrected chi connectivity index (χ2v) is 8.98. The van der Waals surface area contributed by atoms with Gasteiger partial charge in [-0.1, -0.05) is 0 Å². The zero-order chi connectivity index (χ0) is 21.3. The number of aryl methyl sites for hydroxylation is 1. The van der Waals surface area contributed by atoms with Crippen molar-refractivity contribution in [1.29, 1.82) is 5.26 Å². The Hall–Kier alpha value is -3.16. The zero-order valence-electron chi connectivity index (χ0n) is 16.2. The van der Waals surface area contributed by atoms with E-state index in [4.69, 9.17) is 14.4 Å². The molecule has 10 heteroatoms. The lowest BCUT2D eigenvalue weighted by Crippen LogP contribution is -2.39. The minimum Gasteiger partial charge on any atom is -0.474 e. The van der Waals surface area contributed by atoms with Crippen LogP contribution in [0.15, 0.2) is 50.6 Å². The van der Waals surface area contributed by atoms with Gasteiger partial charge in [0.25, 0.3) is 0 Å². The lowest BCUT2D eigenvalue weighted by molar-refractivity contribution is 0.138. The van der Waals surface area contributed by atoms with Crippen molar-refractivity contribution in [3.63, 3.8) is 0 Å². The number of nitrogens with zero attached hydrogens (tertiary/aromatic N) is 3. The van der Waals surface area contributed by atoms with E-state index in [0.717, 1.165) is 0 Å². The maximum absolute atomic E-state index is 12.8. The molecule has 1 saturated carbocycles. The molecular weight excluding hydrogens is 408 g/mol. The predicted octanol–water partition coefficient (Wildman–Crippen LogP) is 2.07. The monoisotopic (exact) mass is 428 g/mol. The van der Waals surface area contributed by atoms with Crippen LogP contribution in [0.1, 0.15) is 31.2 Å². The third-order valence-electron chi connectivity index (χ3n) is 5.22. The standard InChI is InChI=1S/C20H20N4O5S/c1-24-17-10-16(7-8-18(17)29-20(24)25)30(26,27)23-14-3-5-15(6-4-14)28-19-9-2-13(11-21)12-22-19/h2,7-10,12,14-15,23H,3-6H2,1H3. The molecule has 2 heterocycles. The van der Waals surface area contributed by atoms with Crippen LogP contribution in [0.5, 0.6) is 5.88 Å². The van der Waals surface area contributed by atoms with Crippen molar-refractivity contribution in [1.82, 2.24) is 14.3 Å². The van der Waals surface area contributed by atoms with Crippen molar-refractivity contribution in [2.45, 2.75) is 42.7 Å². The van der Waals surface area contributed by atoms with Gasteiger partial charge in [0.1, 0.15) is 12.2 Å². The van der Waals surface area contributed by atoms with Crippen LogP contribution in [-0.2, 0) is 17.1 Å². The second kappa shape index (κ2) is 7.93. The first-order valence-electron chi connectivity index (χ1n) is 9.50. The number of fused-ring (bicyclic) bond motifs is 1. The number of ether oxygens (including phenoxy) is 1. The van der Waals surface area contributed by atoms with Gasteiger partial charge in [-0.15, -0.1) is 0 Å². The highest BCUT2D eigenvalue weighted by molar-refractivity contribution is 7.89. The number of rotatable bonds is 5. The molecule has 0 unspecified atom stereocenters. The van der Waals surface area contributed by atoms with Crippen LogP contribution in [0.3, 0.4) is 0 Å². The number of hydrogen-bond acceptors (Lipinski definition) is 7. The molecule has 0 atom stereocenters. The number of oxazole rings is 1. The van der Waals surface area contributed by atoms with E-state index >= 15 is 0 Å². The van der Waals surface area contributed by atoms with E-state index in [1.165, 1.54) is 36.0 Å². The van der Waals surface area contributed by atoms with Crippen molar-refractivity contribution in [2.24, 2.45) is 7.05 Å². The van der Waals surface area contributed by atoms with Gasteiger partial charge in [0.05, 0.1) is 16.0 Å². The maximum atomic E-state index is 12.8. The van der Waals surface area contributed by atoms with E-state index in [0.29, 0.717) is 48.2 Å². The third kappa shape index (κ3) is 4.08. The number of benzene rings is 1. The van der Waals surface area contributed by atoms with Gasteiger partial charge in [-0.2, -0.15) is 5.26 Å². The summed E-state index contributed by atoms with van der Waals surface area (Å²) in [5.41, 5.74) is 1.24. The van der Waals surface area contributed by atoms with Gasteiger partial charge < -0.3 is 9.15 Å². The summed E-state index contributed by atoms with van der Waals surface area (Å²) < 4.78 is 40.5. The summed E-state index contributed by atoms with van der Waals surface area (Å²) in [6, 6.07) is 9.47. The Bertz CT molecular complexity index is 1260. The van der Waals surface area contributed by atoms with E-state index in [-0.39, 0.29) is 17.0 Å². The number of nitriles is 1. The Morgan fingerprint density at radius 3 is 2.67 bits per heavy atom. The van der Waals surface area contributed by atoms with Gasteiger partial charge >= 0.3 is 5.76 Å². The molecule has 3 aromatic rings. The molecule has 0 spiro atoms. The Morgan fingerprint density at radius 2 is 2.00 bits per heavy atom. The van der Waals surface area contributed by atoms with Crippen molar-refractivity contribution < 1.29 is 17.6 Å². The topological polar surface area (TPSA) is 127 Å². The van der Waals surface area contributed by atoms with E-state index in [9.17, 15) is 13.2 Å². The Balaban J connectivity index is 1.38. The number of nitrogens with one attached hydrogen (secondary N) is 1. The molecule has 30 heavy (non-hydrogen) atoms. The number of hydrogen-bond donors (Lipinski definition) is 1. The molecule has 0 amide bonds. The highest BCUT2D eigenvalue weighted by Gasteiger charge is 2.27. The smallest absolute Gasteiger partial charge is 0.419 e. The van der Waals surface area contributed by atoms with Crippen LogP contribution < -0.4 is 15.2 Å². The molecule has 1 aliphatic carbocycles. The average molecular weight is 428 g/mol. The molecule has 4 rings (SSSR count). The molecule has 156 valence electrons. The van der Waals surface area contributed by atoms with E-state index in [2.05, 4.69) is 9.71 Å². The van der Waals surface area contributed by atoms with E-state index < -0.39 is 15.8 Å². The molecule has 0 aliphatic heterocycles. The first-order chi connectivity index (χ1) is 14.4. The van der Waals surface area contributed by atoms with Gasteiger partial charge in [-0.3, -0.25) is 4.57 Å². The minimum absolute atomic E-state index is 0.0528. The lowest BCUT2D eigenvalue weighted by Gasteiger charge is -2.29. The maximum Gasteiger partial charge on any atom is 0.419 e. The summed E-state index contributed by atoms with van der Waals surface area (Å²) >= 11 is 0. The van der Waals surface area contributed by atoms with Crippen LogP contribution in [0.25, 0.3) is 11.1 Å². The molecule has 1 aromatic carbocycles. The highest BCUT2D eigenvalue weighted by atomic mass is 32.2. The Kier molecular flexibility index (Phi) is 5.32. The van der Waals surface area contributed by atoms with Gasteiger partial charge in [0.2, 0.25) is 15.9 Å². The van der Waals surface area contributed by atoms with Crippen LogP contribution in [0, 0.1) is 11.3 Å². The lowest BCUT2D eigenvalue weighted by atomic mass is 9.94. The van der Waals surface area contributed by atoms with Crippen LogP contribution in [-0.4, -0.2) is 30.1 Å². The van der Waals surface area contributed by atoms with Crippen LogP contribution >= 0.6 is 0 Å². The summed E-state index contributed by atoms with van der Waals surface area (Å²) in [5, 5.41) is 8.81. The molecule has 1 N–H and O–H groups in total. The summed E-state index contributed by atoms with van der Waals surface area (Å²) in [4.78, 5) is 15.8. The first-order valence-corrected chi connectivity index (χ1v) is 11.0. The van der Waals surface area contributed by atoms with Crippen molar-refractivity contribution in [3.8, 4) is 11.9 Å². The third-order valence-corrected chi connectivity index (χ3v) is 6.74. The molecule has 0 radical (unpaired) electrons. The molecule has 0 saturated heterocycles. The Morgan fingerprint density at radius 1 is 1.23 bits per heavy atom. The summed E-state index contributed by atoms with van der Waals surface area (Å²) in [7, 11) is -2.20. The number of aromatic nitrogens is 2. The number of pyridine rings is 1. The van der Waals surface area contributed by atoms with Crippen LogP contribution in [0.4, 0.5) is 0 Å². The SMILES string of the molecule is Cn1c(=O)oc2ccc(S(=O)(=O)NC3CCC(Oc4ccc(C#N)cn4)CC3)cc21. The number of sulfonamides is 1. The first kappa shape index (κ1) is 20.1. The van der Waals surface area contributed by atoms with Crippen LogP contribution in [0.2, 0.25) is 0 Å². The second-order valence-electron chi connectivity index (χ2n) is 7.27. The molecule has 0 bridgehead atoms. The van der Waals surface area contributed by atoms with Gasteiger partial charge in [0, 0.05) is 25.4 Å². The summed E-state index contributed by atoms with van der Waals surface area (Å²) in [6.45, 7) is 0. The highest BCUT2D eigenvalue weighted by Crippen LogP contribution is 2.25. The van der Waals surface area contributed by atoms with Gasteiger partial charge in [-0.25, -0.2) is 22.9 Å². The average Bonchev–Trinajstić information content (AvgIpc) is 3.03. The fourth-order valence-corrected chi connectivity index (χ4v) is 4.87. The van der Waals surface area contributed by atoms with Crippen molar-refractivity contribution >= 4 is 21.1 Å². The largest absolute Gasteiger partial charge is 0.474 e. The zero-order valence-corrected chi connectivity index (χ0v) is 17.1.